The average Bonchev–Trinajstić information content (AvgIpc) is 2.57. The van der Waals surface area contributed by atoms with Crippen molar-refractivity contribution in [1.29, 1.82) is 0 Å². The third-order valence-electron chi connectivity index (χ3n) is 2.53. The van der Waals surface area contributed by atoms with E-state index in [1.54, 1.807) is 0 Å². The highest BCUT2D eigenvalue weighted by atomic mass is 79.9. The second-order valence-electron chi connectivity index (χ2n) is 3.99. The van der Waals surface area contributed by atoms with E-state index in [0.717, 1.165) is 17.3 Å². The van der Waals surface area contributed by atoms with Gasteiger partial charge in [0.05, 0.1) is 6.26 Å². The summed E-state index contributed by atoms with van der Waals surface area (Å²) in [5.41, 5.74) is 2.73. The lowest BCUT2D eigenvalue weighted by Crippen LogP contribution is -1.98. The van der Waals surface area contributed by atoms with Crippen molar-refractivity contribution in [3.63, 3.8) is 0 Å². The fraction of sp³-hybridized carbons (Fsp3) is 0.455. The van der Waals surface area contributed by atoms with Crippen molar-refractivity contribution in [2.75, 3.05) is 12.9 Å². The summed E-state index contributed by atoms with van der Waals surface area (Å²) in [6.45, 7) is 0.281. The largest absolute Gasteiger partial charge is 0.396 e. The Labute approximate surface area is 110 Å². The minimum Gasteiger partial charge on any atom is -0.396 e. The third kappa shape index (κ3) is 5.16. The first-order chi connectivity index (χ1) is 7.81. The van der Waals surface area contributed by atoms with Gasteiger partial charge in [-0.1, -0.05) is 22.0 Å². The van der Waals surface area contributed by atoms with Gasteiger partial charge in [0.25, 0.3) is 10.1 Å². The number of benzene rings is 1. The van der Waals surface area contributed by atoms with E-state index in [2.05, 4.69) is 34.1 Å². The van der Waals surface area contributed by atoms with Crippen LogP contribution in [0.15, 0.2) is 22.7 Å². The summed E-state index contributed by atoms with van der Waals surface area (Å²) in [6, 6.07) is 6.34. The normalized spacial score (nSPS) is 18.2. The molecule has 6 heteroatoms. The molecule has 1 aliphatic rings. The number of aliphatic hydroxyl groups is 1. The van der Waals surface area contributed by atoms with Gasteiger partial charge in [-0.05, 0) is 36.1 Å². The zero-order valence-corrected chi connectivity index (χ0v) is 11.8. The van der Waals surface area contributed by atoms with E-state index < -0.39 is 10.1 Å². The Kier molecular flexibility index (Phi) is 5.12. The molecule has 1 aromatic rings. The molecular formula is C11H15BrO4S. The molecule has 0 saturated heterocycles. The lowest BCUT2D eigenvalue weighted by Gasteiger charge is -2.06. The van der Waals surface area contributed by atoms with E-state index in [-0.39, 0.29) is 6.61 Å². The van der Waals surface area contributed by atoms with Crippen LogP contribution in [0.25, 0.3) is 0 Å². The van der Waals surface area contributed by atoms with Gasteiger partial charge in [0.15, 0.2) is 0 Å². The molecule has 1 atom stereocenters. The maximum Gasteiger partial charge on any atom is 0.261 e. The van der Waals surface area contributed by atoms with Gasteiger partial charge in [-0.25, -0.2) is 0 Å². The fourth-order valence-corrected chi connectivity index (χ4v) is 2.23. The minimum atomic E-state index is -3.67. The number of aryl methyl sites for hydroxylation is 1. The highest BCUT2D eigenvalue weighted by molar-refractivity contribution is 9.10. The van der Waals surface area contributed by atoms with Gasteiger partial charge in [-0.15, -0.1) is 0 Å². The van der Waals surface area contributed by atoms with Crippen LogP contribution in [0.4, 0.5) is 0 Å². The van der Waals surface area contributed by atoms with Crippen LogP contribution in [0.2, 0.25) is 0 Å². The zero-order valence-electron chi connectivity index (χ0n) is 9.43. The number of aliphatic hydroxyl groups excluding tert-OH is 1. The van der Waals surface area contributed by atoms with Gasteiger partial charge < -0.3 is 5.11 Å². The first-order valence-electron chi connectivity index (χ1n) is 5.13. The summed E-state index contributed by atoms with van der Waals surface area (Å²) >= 11 is 3.44. The van der Waals surface area contributed by atoms with Crippen molar-refractivity contribution >= 4 is 26.0 Å². The molecule has 1 aliphatic carbocycles. The molecule has 1 unspecified atom stereocenters. The summed E-state index contributed by atoms with van der Waals surface area (Å²) in [7, 11) is -3.67. The van der Waals surface area contributed by atoms with Gasteiger partial charge in [-0.2, -0.15) is 8.42 Å². The molecule has 0 spiro atoms. The van der Waals surface area contributed by atoms with E-state index in [1.807, 2.05) is 0 Å². The Morgan fingerprint density at radius 2 is 2.06 bits per heavy atom. The van der Waals surface area contributed by atoms with Crippen LogP contribution in [0, 0.1) is 0 Å². The van der Waals surface area contributed by atoms with Crippen molar-refractivity contribution in [3.8, 4) is 0 Å². The van der Waals surface area contributed by atoms with Crippen LogP contribution in [0.3, 0.4) is 0 Å². The molecule has 1 aromatic carbocycles. The molecule has 0 heterocycles. The maximum atomic E-state index is 9.19. The first-order valence-corrected chi connectivity index (χ1v) is 7.77. The number of fused-ring (bicyclic) bond motifs is 1. The smallest absolute Gasteiger partial charge is 0.261 e. The summed E-state index contributed by atoms with van der Waals surface area (Å²) in [5, 5.41) is 9.09. The van der Waals surface area contributed by atoms with Crippen molar-refractivity contribution in [2.24, 2.45) is 0 Å². The van der Waals surface area contributed by atoms with Crippen LogP contribution < -0.4 is 0 Å². The molecule has 0 aliphatic heterocycles. The molecule has 0 saturated carbocycles. The van der Waals surface area contributed by atoms with E-state index in [4.69, 9.17) is 9.66 Å². The molecule has 0 aromatic heterocycles. The van der Waals surface area contributed by atoms with Crippen LogP contribution in [0.1, 0.15) is 23.5 Å². The first kappa shape index (κ1) is 14.6. The van der Waals surface area contributed by atoms with Gasteiger partial charge in [0.1, 0.15) is 0 Å². The second kappa shape index (κ2) is 5.95. The Balaban J connectivity index is 0.000000249. The molecule has 0 bridgehead atoms. The van der Waals surface area contributed by atoms with Crippen molar-refractivity contribution in [3.05, 3.63) is 33.8 Å². The van der Waals surface area contributed by atoms with Crippen LogP contribution in [0.5, 0.6) is 0 Å². The van der Waals surface area contributed by atoms with Crippen LogP contribution in [-0.4, -0.2) is 30.9 Å². The number of hydrogen-bond acceptors (Lipinski definition) is 3. The Bertz CT molecular complexity index is 476. The van der Waals surface area contributed by atoms with Gasteiger partial charge in [0.2, 0.25) is 0 Å². The summed E-state index contributed by atoms with van der Waals surface area (Å²) in [5.74, 6) is 0.373. The molecular weight excluding hydrogens is 308 g/mol. The number of hydrogen-bond donors (Lipinski definition) is 2. The zero-order chi connectivity index (χ0) is 13.1. The highest BCUT2D eigenvalue weighted by Crippen LogP contribution is 2.34. The minimum absolute atomic E-state index is 0.281. The molecule has 96 valence electrons. The lowest BCUT2D eigenvalue weighted by atomic mass is 10.0. The standard InChI is InChI=1S/C10H11BrO.CH4O3S/c11-9-4-3-7-1-2-8(6-12)10(7)5-9;1-5(2,3)4/h3-5,8,12H,1-2,6H2;1H3,(H,2,3,4). The fourth-order valence-electron chi connectivity index (χ4n) is 1.85. The summed E-state index contributed by atoms with van der Waals surface area (Å²) < 4.78 is 27.0. The SMILES string of the molecule is CS(=O)(=O)O.OCC1CCc2ccc(Br)cc21. The molecule has 2 rings (SSSR count). The molecule has 17 heavy (non-hydrogen) atoms. The van der Waals surface area contributed by atoms with Gasteiger partial charge in [0, 0.05) is 17.0 Å². The predicted octanol–water partition coefficient (Wildman–Crippen LogP) is 1.98. The van der Waals surface area contributed by atoms with Gasteiger partial charge in [-0.3, -0.25) is 4.55 Å². The molecule has 0 amide bonds. The topological polar surface area (TPSA) is 74.6 Å². The average molecular weight is 323 g/mol. The third-order valence-corrected chi connectivity index (χ3v) is 3.02. The second-order valence-corrected chi connectivity index (χ2v) is 6.38. The van der Waals surface area contributed by atoms with Crippen molar-refractivity contribution < 1.29 is 18.1 Å². The molecule has 0 radical (unpaired) electrons. The Morgan fingerprint density at radius 1 is 1.47 bits per heavy atom. The number of rotatable bonds is 1. The molecule has 0 fully saturated rings. The van der Waals surface area contributed by atoms with Crippen molar-refractivity contribution in [1.82, 2.24) is 0 Å². The quantitative estimate of drug-likeness (QED) is 0.775. The summed E-state index contributed by atoms with van der Waals surface area (Å²) in [4.78, 5) is 0. The molecule has 2 N–H and O–H groups in total. The van der Waals surface area contributed by atoms with Crippen LogP contribution >= 0.6 is 15.9 Å². The monoisotopic (exact) mass is 322 g/mol. The molecule has 4 nitrogen and oxygen atoms in total. The maximum absolute atomic E-state index is 9.19. The van der Waals surface area contributed by atoms with E-state index in [9.17, 15) is 8.42 Å². The van der Waals surface area contributed by atoms with E-state index in [0.29, 0.717) is 12.2 Å². The van der Waals surface area contributed by atoms with Crippen LogP contribution in [-0.2, 0) is 16.5 Å². The Hall–Kier alpha value is -0.430. The highest BCUT2D eigenvalue weighted by Gasteiger charge is 2.21. The summed E-state index contributed by atoms with van der Waals surface area (Å²) in [6.07, 6.45) is 2.93. The van der Waals surface area contributed by atoms with E-state index in [1.165, 1.54) is 11.1 Å². The van der Waals surface area contributed by atoms with Gasteiger partial charge >= 0.3 is 0 Å². The van der Waals surface area contributed by atoms with E-state index >= 15 is 0 Å². The number of halogens is 1. The predicted molar refractivity (Wildman–Crippen MR) is 69.8 cm³/mol. The Morgan fingerprint density at radius 3 is 2.59 bits per heavy atom. The lowest BCUT2D eigenvalue weighted by molar-refractivity contribution is 0.265. The van der Waals surface area contributed by atoms with Crippen molar-refractivity contribution in [2.45, 2.75) is 18.8 Å².